The van der Waals surface area contributed by atoms with Gasteiger partial charge in [-0.2, -0.15) is 0 Å². The molecule has 1 rings (SSSR count). The molecule has 0 atom stereocenters. The van der Waals surface area contributed by atoms with Crippen LogP contribution in [0.5, 0.6) is 0 Å². The summed E-state index contributed by atoms with van der Waals surface area (Å²) in [7, 11) is 0. The number of nitrogens with one attached hydrogen (secondary N) is 2. The van der Waals surface area contributed by atoms with E-state index in [1.165, 1.54) is 122 Å². The van der Waals surface area contributed by atoms with Gasteiger partial charge in [0.15, 0.2) is 0 Å². The SMILES string of the molecule is CC(C)(C)OC(=O)CCCCCCCCCCCCCCCCCCNNCC1CCCCC1. The minimum atomic E-state index is -0.347. The van der Waals surface area contributed by atoms with Crippen molar-refractivity contribution >= 4 is 5.97 Å². The van der Waals surface area contributed by atoms with Gasteiger partial charge in [-0.15, -0.1) is 0 Å². The van der Waals surface area contributed by atoms with Crippen LogP contribution in [0.3, 0.4) is 0 Å². The maximum atomic E-state index is 11.7. The zero-order valence-corrected chi connectivity index (χ0v) is 23.4. The average molecular weight is 481 g/mol. The molecule has 0 aromatic heterocycles. The molecule has 1 aliphatic rings. The Balaban J connectivity index is 1.67. The summed E-state index contributed by atoms with van der Waals surface area (Å²) >= 11 is 0. The smallest absolute Gasteiger partial charge is 0.306 e. The van der Waals surface area contributed by atoms with Gasteiger partial charge in [0.25, 0.3) is 0 Å². The number of hydrazine groups is 1. The predicted octanol–water partition coefficient (Wildman–Crippen LogP) is 8.63. The van der Waals surface area contributed by atoms with Gasteiger partial charge >= 0.3 is 5.97 Å². The Bertz CT molecular complexity index is 455. The van der Waals surface area contributed by atoms with Crippen molar-refractivity contribution in [2.45, 2.75) is 168 Å². The fourth-order valence-corrected chi connectivity index (χ4v) is 5.05. The molecule has 4 heteroatoms. The molecular formula is C30H60N2O2. The van der Waals surface area contributed by atoms with Crippen molar-refractivity contribution in [3.8, 4) is 0 Å². The van der Waals surface area contributed by atoms with Gasteiger partial charge in [0, 0.05) is 19.5 Å². The third kappa shape index (κ3) is 21.9. The summed E-state index contributed by atoms with van der Waals surface area (Å²) in [6.45, 7) is 8.09. The van der Waals surface area contributed by atoms with E-state index in [9.17, 15) is 4.79 Å². The molecule has 0 aliphatic heterocycles. The fourth-order valence-electron chi connectivity index (χ4n) is 5.05. The number of ether oxygens (including phenoxy) is 1. The van der Waals surface area contributed by atoms with Crippen molar-refractivity contribution in [2.24, 2.45) is 5.92 Å². The summed E-state index contributed by atoms with van der Waals surface area (Å²) in [6, 6.07) is 0. The topological polar surface area (TPSA) is 50.4 Å². The quantitative estimate of drug-likeness (QED) is 0.0924. The maximum absolute atomic E-state index is 11.7. The molecule has 1 fully saturated rings. The summed E-state index contributed by atoms with van der Waals surface area (Å²) in [5.41, 5.74) is 6.54. The summed E-state index contributed by atoms with van der Waals surface area (Å²) in [6.07, 6.45) is 29.2. The molecule has 0 radical (unpaired) electrons. The first-order chi connectivity index (χ1) is 16.5. The summed E-state index contributed by atoms with van der Waals surface area (Å²) < 4.78 is 5.35. The number of unbranched alkanes of at least 4 members (excludes halogenated alkanes) is 15. The molecule has 0 amide bonds. The number of carbonyl (C=O) groups is 1. The van der Waals surface area contributed by atoms with E-state index in [2.05, 4.69) is 10.9 Å². The fraction of sp³-hybridized carbons (Fsp3) is 0.967. The molecule has 34 heavy (non-hydrogen) atoms. The van der Waals surface area contributed by atoms with Crippen molar-refractivity contribution < 1.29 is 9.53 Å². The Hall–Kier alpha value is -0.610. The van der Waals surface area contributed by atoms with E-state index in [-0.39, 0.29) is 11.6 Å². The lowest BCUT2D eigenvalue weighted by molar-refractivity contribution is -0.154. The number of hydrogen-bond acceptors (Lipinski definition) is 4. The van der Waals surface area contributed by atoms with Crippen molar-refractivity contribution in [2.75, 3.05) is 13.1 Å². The van der Waals surface area contributed by atoms with Crippen molar-refractivity contribution in [3.63, 3.8) is 0 Å². The molecule has 202 valence electrons. The highest BCUT2D eigenvalue weighted by Crippen LogP contribution is 2.22. The lowest BCUT2D eigenvalue weighted by Crippen LogP contribution is -2.37. The van der Waals surface area contributed by atoms with E-state index >= 15 is 0 Å². The van der Waals surface area contributed by atoms with E-state index in [4.69, 9.17) is 4.74 Å². The summed E-state index contributed by atoms with van der Waals surface area (Å²) in [5.74, 6) is 0.868. The molecule has 0 spiro atoms. The molecule has 4 nitrogen and oxygen atoms in total. The van der Waals surface area contributed by atoms with Gasteiger partial charge < -0.3 is 4.74 Å². The first-order valence-corrected chi connectivity index (χ1v) is 15.1. The Kier molecular flexibility index (Phi) is 20.0. The highest BCUT2D eigenvalue weighted by Gasteiger charge is 2.15. The molecule has 0 saturated heterocycles. The lowest BCUT2D eigenvalue weighted by Gasteiger charge is -2.21. The van der Waals surface area contributed by atoms with Gasteiger partial charge in [-0.25, -0.2) is 0 Å². The molecule has 0 unspecified atom stereocenters. The van der Waals surface area contributed by atoms with E-state index in [1.807, 2.05) is 20.8 Å². The highest BCUT2D eigenvalue weighted by molar-refractivity contribution is 5.69. The summed E-state index contributed by atoms with van der Waals surface area (Å²) in [4.78, 5) is 11.7. The van der Waals surface area contributed by atoms with E-state index in [1.54, 1.807) is 0 Å². The van der Waals surface area contributed by atoms with Crippen LogP contribution in [0.25, 0.3) is 0 Å². The van der Waals surface area contributed by atoms with Gasteiger partial charge in [0.05, 0.1) is 0 Å². The molecule has 0 heterocycles. The van der Waals surface area contributed by atoms with Crippen LogP contribution in [0.4, 0.5) is 0 Å². The van der Waals surface area contributed by atoms with Gasteiger partial charge in [-0.05, 0) is 52.4 Å². The van der Waals surface area contributed by atoms with Gasteiger partial charge in [0.2, 0.25) is 0 Å². The van der Waals surface area contributed by atoms with Crippen molar-refractivity contribution in [1.29, 1.82) is 0 Å². The Morgan fingerprint density at radius 2 is 1.09 bits per heavy atom. The highest BCUT2D eigenvalue weighted by atomic mass is 16.6. The number of carbonyl (C=O) groups excluding carboxylic acids is 1. The molecular weight excluding hydrogens is 420 g/mol. The Morgan fingerprint density at radius 3 is 1.56 bits per heavy atom. The Labute approximate surface area is 213 Å². The zero-order chi connectivity index (χ0) is 24.7. The minimum absolute atomic E-state index is 0.0439. The molecule has 1 aliphatic carbocycles. The van der Waals surface area contributed by atoms with E-state index in [0.29, 0.717) is 6.42 Å². The standard InChI is InChI=1S/C30H60N2O2/c1-30(2,3)34-29(33)25-21-16-14-12-10-8-6-4-5-7-9-11-13-15-17-22-26-31-32-27-28-23-19-18-20-24-28/h28,31-32H,4-27H2,1-3H3. The first-order valence-electron chi connectivity index (χ1n) is 15.1. The minimum Gasteiger partial charge on any atom is -0.460 e. The number of hydrogen-bond donors (Lipinski definition) is 2. The van der Waals surface area contributed by atoms with Crippen LogP contribution in [0.1, 0.15) is 162 Å². The van der Waals surface area contributed by atoms with E-state index < -0.39 is 0 Å². The van der Waals surface area contributed by atoms with Crippen LogP contribution in [0.2, 0.25) is 0 Å². The second-order valence-corrected chi connectivity index (χ2v) is 11.8. The normalized spacial score (nSPS) is 15.0. The summed E-state index contributed by atoms with van der Waals surface area (Å²) in [5, 5.41) is 0. The van der Waals surface area contributed by atoms with Crippen LogP contribution < -0.4 is 10.9 Å². The average Bonchev–Trinajstić information content (AvgIpc) is 2.79. The second kappa shape index (κ2) is 21.7. The third-order valence-corrected chi connectivity index (χ3v) is 7.09. The predicted molar refractivity (Wildman–Crippen MR) is 147 cm³/mol. The van der Waals surface area contributed by atoms with Gasteiger partial charge in [-0.1, -0.05) is 109 Å². The molecule has 0 aromatic carbocycles. The van der Waals surface area contributed by atoms with Crippen molar-refractivity contribution in [1.82, 2.24) is 10.9 Å². The molecule has 2 N–H and O–H groups in total. The monoisotopic (exact) mass is 480 g/mol. The number of esters is 1. The van der Waals surface area contributed by atoms with Crippen LogP contribution in [-0.2, 0) is 9.53 Å². The number of rotatable bonds is 22. The van der Waals surface area contributed by atoms with Crippen molar-refractivity contribution in [3.05, 3.63) is 0 Å². The van der Waals surface area contributed by atoms with Crippen LogP contribution in [0.15, 0.2) is 0 Å². The molecule has 1 saturated carbocycles. The van der Waals surface area contributed by atoms with Gasteiger partial charge in [0.1, 0.15) is 5.60 Å². The molecule has 0 aromatic rings. The van der Waals surface area contributed by atoms with Crippen LogP contribution in [-0.4, -0.2) is 24.7 Å². The molecule has 0 bridgehead atoms. The second-order valence-electron chi connectivity index (χ2n) is 11.8. The van der Waals surface area contributed by atoms with Crippen LogP contribution >= 0.6 is 0 Å². The van der Waals surface area contributed by atoms with E-state index in [0.717, 1.165) is 31.8 Å². The lowest BCUT2D eigenvalue weighted by atomic mass is 9.89. The first kappa shape index (κ1) is 31.4. The third-order valence-electron chi connectivity index (χ3n) is 7.09. The zero-order valence-electron chi connectivity index (χ0n) is 23.4. The Morgan fingerprint density at radius 1 is 0.647 bits per heavy atom. The maximum Gasteiger partial charge on any atom is 0.306 e. The van der Waals surface area contributed by atoms with Crippen LogP contribution in [0, 0.1) is 5.92 Å². The van der Waals surface area contributed by atoms with Gasteiger partial charge in [-0.3, -0.25) is 15.6 Å². The largest absolute Gasteiger partial charge is 0.460 e.